The summed E-state index contributed by atoms with van der Waals surface area (Å²) in [5.74, 6) is 0.688. The SMILES string of the molecule is CC(C)C(Sc1ccccc1)C(=O)C(C)(C)C. The van der Waals surface area contributed by atoms with Gasteiger partial charge in [0.05, 0.1) is 5.25 Å². The standard InChI is InChI=1S/C15H22OS/c1-11(2)13(14(16)15(3,4)5)17-12-9-7-6-8-10-12/h6-11,13H,1-5H3. The molecule has 0 aromatic heterocycles. The summed E-state index contributed by atoms with van der Waals surface area (Å²) in [7, 11) is 0. The molecule has 1 atom stereocenters. The number of benzene rings is 1. The van der Waals surface area contributed by atoms with E-state index in [1.807, 2.05) is 39.0 Å². The van der Waals surface area contributed by atoms with Crippen LogP contribution in [0.15, 0.2) is 35.2 Å². The van der Waals surface area contributed by atoms with Crippen molar-refractivity contribution in [3.63, 3.8) is 0 Å². The number of carbonyl (C=O) groups is 1. The van der Waals surface area contributed by atoms with Crippen molar-refractivity contribution in [2.24, 2.45) is 11.3 Å². The fraction of sp³-hybridized carbons (Fsp3) is 0.533. The molecule has 2 heteroatoms. The van der Waals surface area contributed by atoms with Crippen LogP contribution in [0.25, 0.3) is 0 Å². The lowest BCUT2D eigenvalue weighted by Crippen LogP contribution is -2.33. The van der Waals surface area contributed by atoms with Crippen molar-refractivity contribution in [3.05, 3.63) is 30.3 Å². The van der Waals surface area contributed by atoms with Gasteiger partial charge < -0.3 is 0 Å². The van der Waals surface area contributed by atoms with Crippen LogP contribution in [-0.2, 0) is 4.79 Å². The number of hydrogen-bond donors (Lipinski definition) is 0. The molecule has 0 bridgehead atoms. The maximum Gasteiger partial charge on any atom is 0.151 e. The molecule has 0 aliphatic heterocycles. The minimum Gasteiger partial charge on any atom is -0.298 e. The van der Waals surface area contributed by atoms with E-state index in [0.29, 0.717) is 11.7 Å². The lowest BCUT2D eigenvalue weighted by atomic mass is 9.86. The van der Waals surface area contributed by atoms with E-state index < -0.39 is 0 Å². The van der Waals surface area contributed by atoms with Gasteiger partial charge in [-0.25, -0.2) is 0 Å². The van der Waals surface area contributed by atoms with Gasteiger partial charge >= 0.3 is 0 Å². The zero-order valence-electron chi connectivity index (χ0n) is 11.4. The molecule has 0 saturated heterocycles. The van der Waals surface area contributed by atoms with Crippen molar-refractivity contribution < 1.29 is 4.79 Å². The zero-order chi connectivity index (χ0) is 13.1. The molecule has 0 heterocycles. The summed E-state index contributed by atoms with van der Waals surface area (Å²) in [6.45, 7) is 10.2. The van der Waals surface area contributed by atoms with E-state index in [4.69, 9.17) is 0 Å². The minimum absolute atomic E-state index is 0.0393. The maximum absolute atomic E-state index is 12.4. The molecule has 0 aliphatic rings. The predicted molar refractivity (Wildman–Crippen MR) is 75.4 cm³/mol. The number of rotatable bonds is 4. The first-order valence-electron chi connectivity index (χ1n) is 6.08. The number of carbonyl (C=O) groups excluding carboxylic acids is 1. The monoisotopic (exact) mass is 250 g/mol. The average molecular weight is 250 g/mol. The second-order valence-corrected chi connectivity index (χ2v) is 6.92. The first-order valence-corrected chi connectivity index (χ1v) is 6.96. The van der Waals surface area contributed by atoms with Crippen LogP contribution in [0, 0.1) is 11.3 Å². The largest absolute Gasteiger partial charge is 0.298 e. The number of thioether (sulfide) groups is 1. The molecule has 0 amide bonds. The highest BCUT2D eigenvalue weighted by Crippen LogP contribution is 2.33. The summed E-state index contributed by atoms with van der Waals surface area (Å²) < 4.78 is 0. The Morgan fingerprint density at radius 1 is 1.12 bits per heavy atom. The molecular weight excluding hydrogens is 228 g/mol. The summed E-state index contributed by atoms with van der Waals surface area (Å²) >= 11 is 1.68. The molecule has 1 nitrogen and oxygen atoms in total. The van der Waals surface area contributed by atoms with E-state index in [2.05, 4.69) is 26.0 Å². The molecule has 94 valence electrons. The summed E-state index contributed by atoms with van der Waals surface area (Å²) in [5.41, 5.74) is -0.267. The van der Waals surface area contributed by atoms with Gasteiger partial charge in [0.2, 0.25) is 0 Å². The fourth-order valence-electron chi connectivity index (χ4n) is 1.56. The predicted octanol–water partition coefficient (Wildman–Crippen LogP) is 4.42. The Bertz CT molecular complexity index is 362. The third-order valence-electron chi connectivity index (χ3n) is 2.61. The van der Waals surface area contributed by atoms with E-state index in [0.717, 1.165) is 0 Å². The number of hydrogen-bond acceptors (Lipinski definition) is 2. The van der Waals surface area contributed by atoms with Crippen LogP contribution >= 0.6 is 11.8 Å². The second kappa shape index (κ2) is 5.72. The minimum atomic E-state index is -0.267. The Morgan fingerprint density at radius 2 is 1.65 bits per heavy atom. The van der Waals surface area contributed by atoms with Crippen LogP contribution in [0.2, 0.25) is 0 Å². The molecule has 0 radical (unpaired) electrons. The van der Waals surface area contributed by atoms with Crippen LogP contribution < -0.4 is 0 Å². The smallest absolute Gasteiger partial charge is 0.151 e. The highest BCUT2D eigenvalue weighted by molar-refractivity contribution is 8.00. The van der Waals surface area contributed by atoms with Gasteiger partial charge in [-0.1, -0.05) is 52.8 Å². The average Bonchev–Trinajstić information content (AvgIpc) is 2.24. The molecular formula is C15H22OS. The van der Waals surface area contributed by atoms with E-state index >= 15 is 0 Å². The highest BCUT2D eigenvalue weighted by atomic mass is 32.2. The summed E-state index contributed by atoms with van der Waals surface area (Å²) in [4.78, 5) is 13.6. The van der Waals surface area contributed by atoms with E-state index in [-0.39, 0.29) is 10.7 Å². The Balaban J connectivity index is 2.85. The molecule has 0 N–H and O–H groups in total. The van der Waals surface area contributed by atoms with Gasteiger partial charge in [-0.15, -0.1) is 11.8 Å². The zero-order valence-corrected chi connectivity index (χ0v) is 12.2. The second-order valence-electron chi connectivity index (χ2n) is 5.71. The molecule has 17 heavy (non-hydrogen) atoms. The summed E-state index contributed by atoms with van der Waals surface area (Å²) in [5, 5.41) is 0.0393. The van der Waals surface area contributed by atoms with Crippen molar-refractivity contribution in [2.75, 3.05) is 0 Å². The van der Waals surface area contributed by atoms with Crippen molar-refractivity contribution in [1.82, 2.24) is 0 Å². The molecule has 0 spiro atoms. The van der Waals surface area contributed by atoms with Crippen LogP contribution in [0.3, 0.4) is 0 Å². The molecule has 0 aliphatic carbocycles. The quantitative estimate of drug-likeness (QED) is 0.736. The molecule has 1 rings (SSSR count). The lowest BCUT2D eigenvalue weighted by molar-refractivity contribution is -0.126. The topological polar surface area (TPSA) is 17.1 Å². The van der Waals surface area contributed by atoms with Crippen LogP contribution in [0.4, 0.5) is 0 Å². The lowest BCUT2D eigenvalue weighted by Gasteiger charge is -2.26. The van der Waals surface area contributed by atoms with Crippen molar-refractivity contribution in [1.29, 1.82) is 0 Å². The normalized spacial score (nSPS) is 13.8. The maximum atomic E-state index is 12.4. The first-order chi connectivity index (χ1) is 7.82. The van der Waals surface area contributed by atoms with Crippen LogP contribution in [0.1, 0.15) is 34.6 Å². The first kappa shape index (κ1) is 14.3. The van der Waals surface area contributed by atoms with E-state index in [9.17, 15) is 4.79 Å². The molecule has 1 aromatic rings. The van der Waals surface area contributed by atoms with Gasteiger partial charge in [0.15, 0.2) is 5.78 Å². The van der Waals surface area contributed by atoms with Gasteiger partial charge in [0.1, 0.15) is 0 Å². The Labute approximate surface area is 109 Å². The van der Waals surface area contributed by atoms with E-state index in [1.165, 1.54) is 4.90 Å². The highest BCUT2D eigenvalue weighted by Gasteiger charge is 2.32. The van der Waals surface area contributed by atoms with Gasteiger partial charge in [0, 0.05) is 10.3 Å². The number of Topliss-reactive ketones (excluding diaryl/α,β-unsaturated/α-hetero) is 1. The Kier molecular flexibility index (Phi) is 4.81. The van der Waals surface area contributed by atoms with Crippen molar-refractivity contribution in [2.45, 2.75) is 44.8 Å². The summed E-state index contributed by atoms with van der Waals surface area (Å²) in [6, 6.07) is 10.2. The van der Waals surface area contributed by atoms with Gasteiger partial charge in [-0.2, -0.15) is 0 Å². The Morgan fingerprint density at radius 3 is 2.06 bits per heavy atom. The van der Waals surface area contributed by atoms with Crippen molar-refractivity contribution in [3.8, 4) is 0 Å². The molecule has 0 saturated carbocycles. The van der Waals surface area contributed by atoms with Crippen LogP contribution in [-0.4, -0.2) is 11.0 Å². The molecule has 1 aromatic carbocycles. The Hall–Kier alpha value is -0.760. The van der Waals surface area contributed by atoms with Gasteiger partial charge in [-0.05, 0) is 18.1 Å². The van der Waals surface area contributed by atoms with E-state index in [1.54, 1.807) is 11.8 Å². The molecule has 1 unspecified atom stereocenters. The van der Waals surface area contributed by atoms with Crippen LogP contribution in [0.5, 0.6) is 0 Å². The van der Waals surface area contributed by atoms with Crippen molar-refractivity contribution >= 4 is 17.5 Å². The third-order valence-corrected chi connectivity index (χ3v) is 4.17. The third kappa shape index (κ3) is 4.19. The number of ketones is 1. The summed E-state index contributed by atoms with van der Waals surface area (Å²) in [6.07, 6.45) is 0. The van der Waals surface area contributed by atoms with Gasteiger partial charge in [0.25, 0.3) is 0 Å². The molecule has 0 fully saturated rings. The fourth-order valence-corrected chi connectivity index (χ4v) is 2.91. The van der Waals surface area contributed by atoms with Gasteiger partial charge in [-0.3, -0.25) is 4.79 Å².